The molecule has 1 aromatic carbocycles. The van der Waals surface area contributed by atoms with Crippen LogP contribution in [0.3, 0.4) is 0 Å². The van der Waals surface area contributed by atoms with Crippen molar-refractivity contribution in [2.24, 2.45) is 4.99 Å². The van der Waals surface area contributed by atoms with E-state index in [-0.39, 0.29) is 50.4 Å². The zero-order valence-electron chi connectivity index (χ0n) is 9.78. The van der Waals surface area contributed by atoms with E-state index in [0.717, 1.165) is 0 Å². The molecule has 7 heteroatoms. The molecule has 2 rings (SSSR count). The zero-order valence-corrected chi connectivity index (χ0v) is 14.1. The second-order valence-corrected chi connectivity index (χ2v) is 4.69. The molecule has 1 aliphatic carbocycles. The number of ketones is 1. The Balaban J connectivity index is 0.00000180. The molecule has 0 atom stereocenters. The maximum atomic E-state index is 11.3. The van der Waals surface area contributed by atoms with Gasteiger partial charge in [0.15, 0.2) is 5.78 Å². The number of benzene rings is 1. The van der Waals surface area contributed by atoms with Crippen LogP contribution in [0.5, 0.6) is 5.75 Å². The van der Waals surface area contributed by atoms with Gasteiger partial charge in [0.2, 0.25) is 0 Å². The van der Waals surface area contributed by atoms with E-state index in [1.165, 1.54) is 30.4 Å². The molecule has 0 heterocycles. The van der Waals surface area contributed by atoms with Crippen LogP contribution in [0.25, 0.3) is 0 Å². The van der Waals surface area contributed by atoms with Gasteiger partial charge in [-0.15, -0.1) is 0 Å². The fourth-order valence-electron chi connectivity index (χ4n) is 1.32. The monoisotopic (exact) mass is 323 g/mol. The molecule has 0 spiro atoms. The summed E-state index contributed by atoms with van der Waals surface area (Å²) in [4.78, 5) is 15.3. The van der Waals surface area contributed by atoms with Crippen LogP contribution >= 0.6 is 34.8 Å². The van der Waals surface area contributed by atoms with Gasteiger partial charge in [-0.3, -0.25) is 4.79 Å². The molecule has 0 fully saturated rings. The average Bonchev–Trinajstić information content (AvgIpc) is 2.31. The van der Waals surface area contributed by atoms with Gasteiger partial charge in [0.1, 0.15) is 0 Å². The van der Waals surface area contributed by atoms with Gasteiger partial charge in [0.25, 0.3) is 0 Å². The molecule has 0 unspecified atom stereocenters. The Morgan fingerprint density at radius 1 is 1.05 bits per heavy atom. The van der Waals surface area contributed by atoms with Crippen LogP contribution in [0.1, 0.15) is 0 Å². The third kappa shape index (κ3) is 4.09. The van der Waals surface area contributed by atoms with Crippen LogP contribution in [-0.4, -0.2) is 11.5 Å². The van der Waals surface area contributed by atoms with Crippen molar-refractivity contribution in [2.45, 2.75) is 0 Å². The maximum Gasteiger partial charge on any atom is 1.00 e. The predicted octanol–water partition coefficient (Wildman–Crippen LogP) is 0.405. The van der Waals surface area contributed by atoms with E-state index in [0.29, 0.717) is 11.4 Å². The van der Waals surface area contributed by atoms with E-state index in [2.05, 4.69) is 4.99 Å². The molecule has 0 aliphatic heterocycles. The minimum atomic E-state index is -0.440. The van der Waals surface area contributed by atoms with Gasteiger partial charge in [-0.05, 0) is 30.4 Å². The molecule has 92 valence electrons. The van der Waals surface area contributed by atoms with Gasteiger partial charge in [-0.25, -0.2) is 4.99 Å². The van der Waals surface area contributed by atoms with Gasteiger partial charge in [-0.2, -0.15) is 0 Å². The minimum absolute atomic E-state index is 0. The average molecular weight is 325 g/mol. The van der Waals surface area contributed by atoms with E-state index in [9.17, 15) is 9.90 Å². The summed E-state index contributed by atoms with van der Waals surface area (Å²) in [5.41, 5.74) is 0.893. The second-order valence-electron chi connectivity index (χ2n) is 3.47. The number of hydrogen-bond donors (Lipinski definition) is 0. The Kier molecular flexibility index (Phi) is 6.12. The number of rotatable bonds is 1. The van der Waals surface area contributed by atoms with Gasteiger partial charge in [0.05, 0.1) is 16.4 Å². The molecular formula is C12H5Cl3NNaO2. The van der Waals surface area contributed by atoms with Gasteiger partial charge >= 0.3 is 29.6 Å². The summed E-state index contributed by atoms with van der Waals surface area (Å²) in [6, 6.07) is 2.80. The van der Waals surface area contributed by atoms with Crippen LogP contribution in [0.15, 0.2) is 40.4 Å². The molecule has 19 heavy (non-hydrogen) atoms. The van der Waals surface area contributed by atoms with Crippen molar-refractivity contribution >= 4 is 52.0 Å². The Bertz CT molecular complexity index is 600. The van der Waals surface area contributed by atoms with Crippen molar-refractivity contribution in [3.8, 4) is 5.75 Å². The van der Waals surface area contributed by atoms with Crippen LogP contribution in [0.2, 0.25) is 10.0 Å². The number of carbonyl (C=O) groups excluding carboxylic acids is 1. The van der Waals surface area contributed by atoms with Crippen LogP contribution in [0.4, 0.5) is 5.69 Å². The number of nitrogens with zero attached hydrogens (tertiary/aromatic N) is 1. The molecule has 0 saturated carbocycles. The predicted molar refractivity (Wildman–Crippen MR) is 71.1 cm³/mol. The summed E-state index contributed by atoms with van der Waals surface area (Å²) in [5, 5.41) is 11.4. The first kappa shape index (κ1) is 16.8. The summed E-state index contributed by atoms with van der Waals surface area (Å²) < 4.78 is 0. The van der Waals surface area contributed by atoms with Crippen LogP contribution < -0.4 is 34.7 Å². The first-order valence-electron chi connectivity index (χ1n) is 4.82. The quantitative estimate of drug-likeness (QED) is 0.555. The van der Waals surface area contributed by atoms with Crippen LogP contribution in [-0.2, 0) is 4.79 Å². The van der Waals surface area contributed by atoms with Crippen molar-refractivity contribution in [1.82, 2.24) is 0 Å². The summed E-state index contributed by atoms with van der Waals surface area (Å²) >= 11 is 17.1. The smallest absolute Gasteiger partial charge is 0.870 e. The largest absolute Gasteiger partial charge is 1.00 e. The van der Waals surface area contributed by atoms with E-state index in [1.807, 2.05) is 0 Å². The Morgan fingerprint density at radius 3 is 2.16 bits per heavy atom. The van der Waals surface area contributed by atoms with Gasteiger partial charge in [-0.1, -0.05) is 40.6 Å². The first-order chi connectivity index (χ1) is 8.47. The summed E-state index contributed by atoms with van der Waals surface area (Å²) in [6.07, 6.45) is 4.25. The van der Waals surface area contributed by atoms with Crippen molar-refractivity contribution in [3.05, 3.63) is 45.4 Å². The number of hydrogen-bond acceptors (Lipinski definition) is 3. The molecular weight excluding hydrogens is 319 g/mol. The molecule has 0 bridgehead atoms. The number of allylic oxidation sites excluding steroid dienone is 4. The Labute approximate surface area is 146 Å². The second kappa shape index (κ2) is 6.93. The van der Waals surface area contributed by atoms with Gasteiger partial charge in [0, 0.05) is 10.0 Å². The molecule has 0 saturated heterocycles. The Morgan fingerprint density at radius 2 is 1.63 bits per heavy atom. The summed E-state index contributed by atoms with van der Waals surface area (Å²) in [5.74, 6) is -0.716. The van der Waals surface area contributed by atoms with Crippen molar-refractivity contribution in [3.63, 3.8) is 0 Å². The third-order valence-electron chi connectivity index (χ3n) is 2.16. The van der Waals surface area contributed by atoms with E-state index >= 15 is 0 Å². The maximum absolute atomic E-state index is 11.3. The number of halogens is 3. The van der Waals surface area contributed by atoms with Crippen molar-refractivity contribution < 1.29 is 39.5 Å². The molecule has 0 aromatic heterocycles. The summed E-state index contributed by atoms with van der Waals surface area (Å²) in [6.45, 7) is 0. The zero-order chi connectivity index (χ0) is 13.3. The van der Waals surface area contributed by atoms with Crippen molar-refractivity contribution in [1.29, 1.82) is 0 Å². The van der Waals surface area contributed by atoms with Gasteiger partial charge < -0.3 is 5.11 Å². The van der Waals surface area contributed by atoms with Crippen molar-refractivity contribution in [2.75, 3.05) is 0 Å². The van der Waals surface area contributed by atoms with E-state index < -0.39 is 5.75 Å². The summed E-state index contributed by atoms with van der Waals surface area (Å²) in [7, 11) is 0. The SMILES string of the molecule is O=C1C=CC(=Nc2cc(Cl)c([O-])c(Cl)c2)C=C1Cl.[Na+]. The van der Waals surface area contributed by atoms with Crippen LogP contribution in [0, 0.1) is 0 Å². The fourth-order valence-corrected chi connectivity index (χ4v) is 1.97. The topological polar surface area (TPSA) is 52.5 Å². The third-order valence-corrected chi connectivity index (χ3v) is 3.01. The molecule has 0 radical (unpaired) electrons. The first-order valence-corrected chi connectivity index (χ1v) is 5.95. The Hall–Kier alpha value is -0.290. The molecule has 1 aliphatic rings. The molecule has 3 nitrogen and oxygen atoms in total. The molecule has 1 aromatic rings. The molecule has 0 amide bonds. The standard InChI is InChI=1S/C12H6Cl3NO2.Na/c13-8-3-6(1-2-11(8)17)16-7-4-9(14)12(18)10(15)5-7;/h1-5,18H;/q;+1/p-1. The molecule has 0 N–H and O–H groups in total. The fraction of sp³-hybridized carbons (Fsp3) is 0. The normalized spacial score (nSPS) is 16.3. The number of carbonyl (C=O) groups is 1. The van der Waals surface area contributed by atoms with E-state index in [1.54, 1.807) is 0 Å². The van der Waals surface area contributed by atoms with E-state index in [4.69, 9.17) is 34.8 Å². The minimum Gasteiger partial charge on any atom is -0.870 e. The number of aliphatic imine (C=N–C) groups is 1.